The first-order valence-electron chi connectivity index (χ1n) is 3.37. The van der Waals surface area contributed by atoms with Crippen LogP contribution in [0.25, 0.3) is 0 Å². The van der Waals surface area contributed by atoms with E-state index in [0.29, 0.717) is 9.32 Å². The van der Waals surface area contributed by atoms with Crippen LogP contribution < -0.4 is 9.47 Å². The van der Waals surface area contributed by atoms with Gasteiger partial charge in [-0.1, -0.05) is 0 Å². The van der Waals surface area contributed by atoms with Gasteiger partial charge in [0, 0.05) is 12.3 Å². The molecule has 78 valence electrons. The van der Waals surface area contributed by atoms with Crippen molar-refractivity contribution in [3.63, 3.8) is 0 Å². The lowest BCUT2D eigenvalue weighted by Gasteiger charge is -2.09. The number of nitrogens with zero attached hydrogens (tertiary/aromatic N) is 1. The summed E-state index contributed by atoms with van der Waals surface area (Å²) in [7, 11) is 1.36. The Labute approximate surface area is 91.4 Å². The van der Waals surface area contributed by atoms with Crippen molar-refractivity contribution in [2.24, 2.45) is 0 Å². The minimum Gasteiger partial charge on any atom is -0.495 e. The predicted molar refractivity (Wildman–Crippen MR) is 50.2 cm³/mol. The van der Waals surface area contributed by atoms with Gasteiger partial charge >= 0.3 is 6.36 Å². The van der Waals surface area contributed by atoms with Crippen LogP contribution in [0.15, 0.2) is 12.3 Å². The van der Waals surface area contributed by atoms with Crippen LogP contribution in [0.1, 0.15) is 0 Å². The van der Waals surface area contributed by atoms with E-state index >= 15 is 0 Å². The number of ether oxygens (including phenoxy) is 2. The van der Waals surface area contributed by atoms with E-state index in [-0.39, 0.29) is 0 Å². The van der Waals surface area contributed by atoms with Crippen LogP contribution in [-0.4, -0.2) is 18.5 Å². The summed E-state index contributed by atoms with van der Waals surface area (Å²) in [5, 5.41) is 0. The number of hydrogen-bond acceptors (Lipinski definition) is 3. The summed E-state index contributed by atoms with van der Waals surface area (Å²) in [6.07, 6.45) is -3.49. The van der Waals surface area contributed by atoms with Crippen molar-refractivity contribution in [3.05, 3.63) is 15.8 Å². The summed E-state index contributed by atoms with van der Waals surface area (Å²) in [6.45, 7) is 0. The number of methoxy groups -OCH3 is 1. The molecule has 3 nitrogen and oxygen atoms in total. The molecule has 0 amide bonds. The third kappa shape index (κ3) is 3.20. The highest BCUT2D eigenvalue weighted by atomic mass is 127. The van der Waals surface area contributed by atoms with E-state index < -0.39 is 12.2 Å². The third-order valence-electron chi connectivity index (χ3n) is 1.24. The highest BCUT2D eigenvalue weighted by molar-refractivity contribution is 14.1. The molecule has 7 heteroatoms. The second kappa shape index (κ2) is 4.20. The van der Waals surface area contributed by atoms with Gasteiger partial charge in [0.25, 0.3) is 0 Å². The Morgan fingerprint density at radius 2 is 2.07 bits per heavy atom. The van der Waals surface area contributed by atoms with Gasteiger partial charge in [-0.3, -0.25) is 0 Å². The molecule has 0 radical (unpaired) electrons. The molecule has 0 aliphatic carbocycles. The fraction of sp³-hybridized carbons (Fsp3) is 0.286. The quantitative estimate of drug-likeness (QED) is 0.785. The molecule has 0 N–H and O–H groups in total. The molecule has 0 saturated heterocycles. The first-order valence-corrected chi connectivity index (χ1v) is 4.45. The zero-order valence-corrected chi connectivity index (χ0v) is 9.09. The summed E-state index contributed by atoms with van der Waals surface area (Å²) >= 11 is 1.89. The van der Waals surface area contributed by atoms with Crippen molar-refractivity contribution < 1.29 is 22.6 Å². The predicted octanol–water partition coefficient (Wildman–Crippen LogP) is 2.59. The average molecular weight is 319 g/mol. The number of rotatable bonds is 2. The number of pyridine rings is 1. The minimum atomic E-state index is -4.73. The van der Waals surface area contributed by atoms with Crippen molar-refractivity contribution >= 4 is 22.6 Å². The lowest BCUT2D eigenvalue weighted by atomic mass is 10.4. The molecule has 0 aliphatic rings. The summed E-state index contributed by atoms with van der Waals surface area (Å²) < 4.78 is 44.3. The third-order valence-corrected chi connectivity index (χ3v) is 2.05. The van der Waals surface area contributed by atoms with E-state index in [4.69, 9.17) is 4.74 Å². The monoisotopic (exact) mass is 319 g/mol. The summed E-state index contributed by atoms with van der Waals surface area (Å²) in [5.41, 5.74) is 0. The lowest BCUT2D eigenvalue weighted by Crippen LogP contribution is -2.17. The molecule has 0 spiro atoms. The maximum absolute atomic E-state index is 11.8. The topological polar surface area (TPSA) is 31.4 Å². The largest absolute Gasteiger partial charge is 0.574 e. The van der Waals surface area contributed by atoms with Gasteiger partial charge in [0.15, 0.2) is 0 Å². The van der Waals surface area contributed by atoms with Gasteiger partial charge in [-0.2, -0.15) is 0 Å². The van der Waals surface area contributed by atoms with Crippen molar-refractivity contribution in [2.45, 2.75) is 6.36 Å². The van der Waals surface area contributed by atoms with Gasteiger partial charge in [0.05, 0.1) is 10.7 Å². The Hall–Kier alpha value is -0.730. The zero-order valence-electron chi connectivity index (χ0n) is 6.93. The van der Waals surface area contributed by atoms with Gasteiger partial charge in [-0.15, -0.1) is 13.2 Å². The number of halogens is 4. The van der Waals surface area contributed by atoms with E-state index in [2.05, 4.69) is 9.72 Å². The van der Waals surface area contributed by atoms with Gasteiger partial charge in [-0.05, 0) is 22.6 Å². The molecule has 0 bridgehead atoms. The lowest BCUT2D eigenvalue weighted by molar-refractivity contribution is -0.276. The molecule has 1 aromatic heterocycles. The van der Waals surface area contributed by atoms with Crippen LogP contribution in [0.5, 0.6) is 11.6 Å². The van der Waals surface area contributed by atoms with Crippen molar-refractivity contribution in [2.75, 3.05) is 7.11 Å². The fourth-order valence-electron chi connectivity index (χ4n) is 0.733. The summed E-state index contributed by atoms with van der Waals surface area (Å²) in [4.78, 5) is 3.44. The van der Waals surface area contributed by atoms with Crippen LogP contribution >= 0.6 is 22.6 Å². The Bertz CT molecular complexity index is 329. The first kappa shape index (κ1) is 11.3. The molecule has 0 unspecified atom stereocenters. The summed E-state index contributed by atoms with van der Waals surface area (Å²) in [5.74, 6) is -0.241. The van der Waals surface area contributed by atoms with E-state index in [1.165, 1.54) is 13.3 Å². The minimum absolute atomic E-state index is 0.292. The van der Waals surface area contributed by atoms with E-state index in [1.807, 2.05) is 22.6 Å². The van der Waals surface area contributed by atoms with Crippen LogP contribution in [0.2, 0.25) is 0 Å². The average Bonchev–Trinajstić information content (AvgIpc) is 2.06. The van der Waals surface area contributed by atoms with E-state index in [1.54, 1.807) is 0 Å². The van der Waals surface area contributed by atoms with Crippen LogP contribution in [-0.2, 0) is 0 Å². The molecular formula is C7H5F3INO2. The van der Waals surface area contributed by atoms with Gasteiger partial charge in [0.2, 0.25) is 5.88 Å². The standard InChI is InChI=1S/C7H5F3INO2/c1-13-5-2-6(12-3-4(5)11)14-7(8,9)10/h2-3H,1H3. The number of hydrogen-bond donors (Lipinski definition) is 0. The molecule has 1 aromatic rings. The van der Waals surface area contributed by atoms with Crippen LogP contribution in [0.3, 0.4) is 0 Å². The molecule has 0 fully saturated rings. The number of aromatic nitrogens is 1. The molecule has 0 aliphatic heterocycles. The zero-order chi connectivity index (χ0) is 10.8. The molecular weight excluding hydrogens is 314 g/mol. The molecule has 0 atom stereocenters. The van der Waals surface area contributed by atoms with Crippen LogP contribution in [0, 0.1) is 3.57 Å². The second-order valence-electron chi connectivity index (χ2n) is 2.20. The Kier molecular flexibility index (Phi) is 3.40. The fourth-order valence-corrected chi connectivity index (χ4v) is 1.25. The van der Waals surface area contributed by atoms with Gasteiger partial charge < -0.3 is 9.47 Å². The van der Waals surface area contributed by atoms with Crippen LogP contribution in [0.4, 0.5) is 13.2 Å². The molecule has 14 heavy (non-hydrogen) atoms. The Morgan fingerprint density at radius 1 is 1.43 bits per heavy atom. The second-order valence-corrected chi connectivity index (χ2v) is 3.37. The summed E-state index contributed by atoms with van der Waals surface area (Å²) in [6, 6.07) is 1.08. The van der Waals surface area contributed by atoms with E-state index in [9.17, 15) is 13.2 Å². The van der Waals surface area contributed by atoms with E-state index in [0.717, 1.165) is 6.07 Å². The molecule has 1 rings (SSSR count). The molecule has 0 saturated carbocycles. The number of alkyl halides is 3. The highest BCUT2D eigenvalue weighted by Crippen LogP contribution is 2.27. The Morgan fingerprint density at radius 3 is 2.57 bits per heavy atom. The van der Waals surface area contributed by atoms with Gasteiger partial charge in [-0.25, -0.2) is 4.98 Å². The molecule has 0 aromatic carbocycles. The van der Waals surface area contributed by atoms with Gasteiger partial charge in [0.1, 0.15) is 5.75 Å². The maximum Gasteiger partial charge on any atom is 0.574 e. The molecule has 1 heterocycles. The normalized spacial score (nSPS) is 11.2. The highest BCUT2D eigenvalue weighted by Gasteiger charge is 2.32. The SMILES string of the molecule is COc1cc(OC(F)(F)F)ncc1I. The maximum atomic E-state index is 11.8. The smallest absolute Gasteiger partial charge is 0.495 e. The first-order chi connectivity index (χ1) is 6.42. The van der Waals surface area contributed by atoms with Crippen molar-refractivity contribution in [1.29, 1.82) is 0 Å². The Balaban J connectivity index is 2.90. The van der Waals surface area contributed by atoms with Crippen molar-refractivity contribution in [3.8, 4) is 11.6 Å². The van der Waals surface area contributed by atoms with Crippen molar-refractivity contribution in [1.82, 2.24) is 4.98 Å².